The third kappa shape index (κ3) is 7.54. The first-order valence-corrected chi connectivity index (χ1v) is 10.6. The molecule has 2 rings (SSSR count). The van der Waals surface area contributed by atoms with E-state index in [9.17, 15) is 12.8 Å². The predicted molar refractivity (Wildman–Crippen MR) is 108 cm³/mol. The van der Waals surface area contributed by atoms with Gasteiger partial charge >= 0.3 is 0 Å². The van der Waals surface area contributed by atoms with Crippen LogP contribution in [0.5, 0.6) is 0 Å². The van der Waals surface area contributed by atoms with Crippen LogP contribution in [0.15, 0.2) is 48.5 Å². The Bertz CT molecular complexity index is 758. The minimum Gasteiger partial charge on any atom is -0.317 e. The van der Waals surface area contributed by atoms with E-state index < -0.39 is 10.0 Å². The SMILES string of the molecule is CCNCCCN(c1ccccc1C)S(C)(=O)=O.Cc1ccccc1F. The highest BCUT2D eigenvalue weighted by Crippen LogP contribution is 2.21. The number of hydrogen-bond acceptors (Lipinski definition) is 3. The summed E-state index contributed by atoms with van der Waals surface area (Å²) >= 11 is 0. The molecule has 6 heteroatoms. The number of para-hydroxylation sites is 1. The summed E-state index contributed by atoms with van der Waals surface area (Å²) in [6.45, 7) is 7.96. The number of nitrogens with zero attached hydrogens (tertiary/aromatic N) is 1. The summed E-state index contributed by atoms with van der Waals surface area (Å²) in [7, 11) is -3.22. The van der Waals surface area contributed by atoms with Crippen LogP contribution < -0.4 is 9.62 Å². The second kappa shape index (κ2) is 10.9. The first kappa shape index (κ1) is 22.1. The number of anilines is 1. The molecule has 1 N–H and O–H groups in total. The van der Waals surface area contributed by atoms with E-state index in [-0.39, 0.29) is 5.82 Å². The van der Waals surface area contributed by atoms with E-state index in [0.717, 1.165) is 30.8 Å². The van der Waals surface area contributed by atoms with Gasteiger partial charge in [-0.2, -0.15) is 0 Å². The summed E-state index contributed by atoms with van der Waals surface area (Å²) in [6, 6.07) is 14.3. The summed E-state index contributed by atoms with van der Waals surface area (Å²) in [5.74, 6) is -0.132. The van der Waals surface area contributed by atoms with Gasteiger partial charge in [0.25, 0.3) is 0 Å². The van der Waals surface area contributed by atoms with Crippen molar-refractivity contribution in [1.82, 2.24) is 5.32 Å². The van der Waals surface area contributed by atoms with Gasteiger partial charge in [-0.05, 0) is 56.6 Å². The maximum atomic E-state index is 12.3. The molecule has 0 saturated heterocycles. The van der Waals surface area contributed by atoms with Crippen LogP contribution in [-0.4, -0.2) is 34.3 Å². The second-order valence-corrected chi connectivity index (χ2v) is 7.98. The number of halogens is 1. The zero-order chi connectivity index (χ0) is 19.6. The Kier molecular flexibility index (Phi) is 9.30. The van der Waals surface area contributed by atoms with Crippen molar-refractivity contribution in [3.8, 4) is 0 Å². The largest absolute Gasteiger partial charge is 0.317 e. The average molecular weight is 381 g/mol. The quantitative estimate of drug-likeness (QED) is 0.741. The minimum atomic E-state index is -3.22. The maximum absolute atomic E-state index is 12.3. The lowest BCUT2D eigenvalue weighted by atomic mass is 10.2. The minimum absolute atomic E-state index is 0.132. The molecule has 0 fully saturated rings. The zero-order valence-corrected chi connectivity index (χ0v) is 16.8. The lowest BCUT2D eigenvalue weighted by molar-refractivity contribution is 0.592. The number of benzene rings is 2. The Morgan fingerprint density at radius 1 is 1.00 bits per heavy atom. The molecule has 0 spiro atoms. The molecule has 0 aliphatic carbocycles. The van der Waals surface area contributed by atoms with Crippen LogP contribution in [0.4, 0.5) is 10.1 Å². The Hall–Kier alpha value is -1.92. The normalized spacial score (nSPS) is 10.8. The van der Waals surface area contributed by atoms with Crippen LogP contribution in [-0.2, 0) is 10.0 Å². The molecule has 144 valence electrons. The highest BCUT2D eigenvalue weighted by atomic mass is 32.2. The van der Waals surface area contributed by atoms with Crippen molar-refractivity contribution in [2.75, 3.05) is 30.2 Å². The summed E-state index contributed by atoms with van der Waals surface area (Å²) in [4.78, 5) is 0. The molecule has 0 aromatic heterocycles. The highest BCUT2D eigenvalue weighted by molar-refractivity contribution is 7.92. The fraction of sp³-hybridized carbons (Fsp3) is 0.400. The van der Waals surface area contributed by atoms with Crippen molar-refractivity contribution >= 4 is 15.7 Å². The third-order valence-corrected chi connectivity index (χ3v) is 5.01. The molecule has 0 aliphatic heterocycles. The van der Waals surface area contributed by atoms with E-state index in [1.807, 2.05) is 44.2 Å². The fourth-order valence-electron chi connectivity index (χ4n) is 2.38. The van der Waals surface area contributed by atoms with Gasteiger partial charge in [-0.15, -0.1) is 0 Å². The van der Waals surface area contributed by atoms with Gasteiger partial charge in [-0.25, -0.2) is 12.8 Å². The Morgan fingerprint density at radius 2 is 1.58 bits per heavy atom. The van der Waals surface area contributed by atoms with E-state index in [2.05, 4.69) is 5.32 Å². The fourth-order valence-corrected chi connectivity index (χ4v) is 3.41. The molecule has 4 nitrogen and oxygen atoms in total. The van der Waals surface area contributed by atoms with Gasteiger partial charge in [-0.1, -0.05) is 43.3 Å². The molecule has 0 atom stereocenters. The Balaban J connectivity index is 0.000000350. The standard InChI is InChI=1S/C13H22N2O2S.C7H7F/c1-4-14-10-7-11-15(18(3,16)17)13-9-6-5-8-12(13)2;1-6-4-2-3-5-7(6)8/h5-6,8-9,14H,4,7,10-11H2,1-3H3;2-5H,1H3. The number of rotatable bonds is 7. The monoisotopic (exact) mass is 380 g/mol. The molecule has 0 radical (unpaired) electrons. The van der Waals surface area contributed by atoms with Crippen molar-refractivity contribution in [2.24, 2.45) is 0 Å². The van der Waals surface area contributed by atoms with Gasteiger partial charge in [0.2, 0.25) is 10.0 Å². The van der Waals surface area contributed by atoms with E-state index in [1.54, 1.807) is 19.1 Å². The molecule has 26 heavy (non-hydrogen) atoms. The molecule has 0 heterocycles. The molecule has 0 saturated carbocycles. The van der Waals surface area contributed by atoms with Crippen molar-refractivity contribution in [1.29, 1.82) is 0 Å². The summed E-state index contributed by atoms with van der Waals surface area (Å²) < 4.78 is 37.5. The lowest BCUT2D eigenvalue weighted by Gasteiger charge is -2.24. The van der Waals surface area contributed by atoms with E-state index in [4.69, 9.17) is 0 Å². The molecule has 0 aliphatic rings. The van der Waals surface area contributed by atoms with Gasteiger partial charge in [0.15, 0.2) is 0 Å². The first-order valence-electron chi connectivity index (χ1n) is 8.72. The third-order valence-electron chi connectivity index (χ3n) is 3.83. The second-order valence-electron chi connectivity index (χ2n) is 6.08. The number of nitrogens with one attached hydrogen (secondary N) is 1. The lowest BCUT2D eigenvalue weighted by Crippen LogP contribution is -2.33. The average Bonchev–Trinajstić information content (AvgIpc) is 2.58. The molecular formula is C20H29FN2O2S. The summed E-state index contributed by atoms with van der Waals surface area (Å²) in [6.07, 6.45) is 2.06. The van der Waals surface area contributed by atoms with Crippen molar-refractivity contribution in [3.63, 3.8) is 0 Å². The predicted octanol–water partition coefficient (Wildman–Crippen LogP) is 3.89. The molecule has 2 aromatic carbocycles. The van der Waals surface area contributed by atoms with Crippen LogP contribution in [0.25, 0.3) is 0 Å². The van der Waals surface area contributed by atoms with Gasteiger partial charge < -0.3 is 5.32 Å². The first-order chi connectivity index (χ1) is 12.3. The molecule has 0 bridgehead atoms. The van der Waals surface area contributed by atoms with Crippen LogP contribution in [0.1, 0.15) is 24.5 Å². The smallest absolute Gasteiger partial charge is 0.232 e. The molecule has 0 unspecified atom stereocenters. The van der Waals surface area contributed by atoms with E-state index >= 15 is 0 Å². The topological polar surface area (TPSA) is 49.4 Å². The van der Waals surface area contributed by atoms with Crippen LogP contribution in [0, 0.1) is 19.7 Å². The number of sulfonamides is 1. The number of hydrogen-bond donors (Lipinski definition) is 1. The van der Waals surface area contributed by atoms with Crippen LogP contribution in [0.3, 0.4) is 0 Å². The molecular weight excluding hydrogens is 351 g/mol. The van der Waals surface area contributed by atoms with Crippen molar-refractivity contribution in [2.45, 2.75) is 27.2 Å². The van der Waals surface area contributed by atoms with Crippen molar-refractivity contribution in [3.05, 3.63) is 65.5 Å². The van der Waals surface area contributed by atoms with Crippen LogP contribution >= 0.6 is 0 Å². The Labute approximate surface area is 157 Å². The molecule has 2 aromatic rings. The Morgan fingerprint density at radius 3 is 2.04 bits per heavy atom. The van der Waals surface area contributed by atoms with Gasteiger partial charge in [0, 0.05) is 6.54 Å². The van der Waals surface area contributed by atoms with Crippen molar-refractivity contribution < 1.29 is 12.8 Å². The molecule has 0 amide bonds. The van der Waals surface area contributed by atoms with Gasteiger partial charge in [0.1, 0.15) is 5.82 Å². The van der Waals surface area contributed by atoms with E-state index in [1.165, 1.54) is 16.6 Å². The zero-order valence-electron chi connectivity index (χ0n) is 16.0. The van der Waals surface area contributed by atoms with Gasteiger partial charge in [0.05, 0.1) is 11.9 Å². The maximum Gasteiger partial charge on any atom is 0.232 e. The summed E-state index contributed by atoms with van der Waals surface area (Å²) in [5, 5.41) is 3.20. The van der Waals surface area contributed by atoms with Gasteiger partial charge in [-0.3, -0.25) is 4.31 Å². The summed E-state index contributed by atoms with van der Waals surface area (Å²) in [5.41, 5.74) is 2.45. The van der Waals surface area contributed by atoms with Crippen LogP contribution in [0.2, 0.25) is 0 Å². The number of aryl methyl sites for hydroxylation is 2. The highest BCUT2D eigenvalue weighted by Gasteiger charge is 2.18. The van der Waals surface area contributed by atoms with E-state index in [0.29, 0.717) is 12.1 Å².